The average Bonchev–Trinajstić information content (AvgIpc) is 3.20. The molecule has 1 amide bonds. The maximum absolute atomic E-state index is 13.5. The number of aromatic nitrogens is 2. The number of aromatic amines is 1. The number of carbonyl (C=O) groups is 1. The largest absolute Gasteiger partial charge is 0.378 e. The number of hydrogen-bond donors (Lipinski definition) is 1. The van der Waals surface area contributed by atoms with Crippen LogP contribution in [0, 0.1) is 0 Å². The van der Waals surface area contributed by atoms with Gasteiger partial charge in [0.05, 0.1) is 25.7 Å². The van der Waals surface area contributed by atoms with Crippen molar-refractivity contribution in [3.8, 4) is 0 Å². The van der Waals surface area contributed by atoms with Crippen LogP contribution in [0.25, 0.3) is 0 Å². The van der Waals surface area contributed by atoms with Gasteiger partial charge in [0.2, 0.25) is 5.91 Å². The number of carbonyl (C=O) groups excluding carboxylic acids is 1. The van der Waals surface area contributed by atoms with E-state index in [0.29, 0.717) is 37.9 Å². The first-order chi connectivity index (χ1) is 15.2. The van der Waals surface area contributed by atoms with Gasteiger partial charge in [-0.3, -0.25) is 9.59 Å². The third-order valence-corrected chi connectivity index (χ3v) is 5.86. The second kappa shape index (κ2) is 8.35. The topological polar surface area (TPSA) is 78.5 Å². The number of H-pyrrole nitrogens is 1. The summed E-state index contributed by atoms with van der Waals surface area (Å²) in [6.45, 7) is 2.57. The van der Waals surface area contributed by atoms with Gasteiger partial charge in [-0.1, -0.05) is 48.5 Å². The molecule has 3 heterocycles. The predicted molar refractivity (Wildman–Crippen MR) is 118 cm³/mol. The summed E-state index contributed by atoms with van der Waals surface area (Å²) in [7, 11) is 0. The van der Waals surface area contributed by atoms with Gasteiger partial charge in [-0.2, -0.15) is 0 Å². The SMILES string of the molecule is O=C(Cc1nc(N2CCOCC2)cc(=O)[nH]1)N1c2ccccc2C[C@@H]1c1ccccc1. The van der Waals surface area contributed by atoms with Crippen molar-refractivity contribution >= 4 is 17.4 Å². The zero-order valence-corrected chi connectivity index (χ0v) is 17.2. The minimum Gasteiger partial charge on any atom is -0.378 e. The summed E-state index contributed by atoms with van der Waals surface area (Å²) >= 11 is 0. The summed E-state index contributed by atoms with van der Waals surface area (Å²) < 4.78 is 5.38. The van der Waals surface area contributed by atoms with E-state index in [1.165, 1.54) is 6.07 Å². The molecule has 7 nitrogen and oxygen atoms in total. The van der Waals surface area contributed by atoms with Crippen LogP contribution in [0.1, 0.15) is 23.0 Å². The Morgan fingerprint density at radius 3 is 2.61 bits per heavy atom. The van der Waals surface area contributed by atoms with Crippen molar-refractivity contribution in [3.05, 3.63) is 88.0 Å². The number of rotatable bonds is 4. The molecule has 3 aromatic rings. The van der Waals surface area contributed by atoms with E-state index in [9.17, 15) is 9.59 Å². The van der Waals surface area contributed by atoms with Crippen molar-refractivity contribution in [2.45, 2.75) is 18.9 Å². The van der Waals surface area contributed by atoms with Crippen molar-refractivity contribution < 1.29 is 9.53 Å². The van der Waals surface area contributed by atoms with Gasteiger partial charge in [0.25, 0.3) is 5.56 Å². The van der Waals surface area contributed by atoms with Gasteiger partial charge in [0, 0.05) is 24.8 Å². The molecule has 1 N–H and O–H groups in total. The maximum Gasteiger partial charge on any atom is 0.252 e. The summed E-state index contributed by atoms with van der Waals surface area (Å²) in [5.41, 5.74) is 2.91. The minimum atomic E-state index is -0.249. The quantitative estimate of drug-likeness (QED) is 0.707. The molecular formula is C24H24N4O3. The smallest absolute Gasteiger partial charge is 0.252 e. The Morgan fingerprint density at radius 2 is 1.81 bits per heavy atom. The summed E-state index contributed by atoms with van der Waals surface area (Å²) in [6, 6.07) is 19.5. The number of para-hydroxylation sites is 1. The third kappa shape index (κ3) is 3.96. The van der Waals surface area contributed by atoms with Crippen LogP contribution in [0.4, 0.5) is 11.5 Å². The Kier molecular flexibility index (Phi) is 5.26. The second-order valence-electron chi connectivity index (χ2n) is 7.85. The molecule has 1 fully saturated rings. The molecular weight excluding hydrogens is 392 g/mol. The lowest BCUT2D eigenvalue weighted by atomic mass is 10.0. The molecule has 2 aliphatic rings. The van der Waals surface area contributed by atoms with Crippen LogP contribution in [0.3, 0.4) is 0 Å². The van der Waals surface area contributed by atoms with Gasteiger partial charge in [-0.15, -0.1) is 0 Å². The van der Waals surface area contributed by atoms with Crippen LogP contribution in [0.15, 0.2) is 65.5 Å². The van der Waals surface area contributed by atoms with Gasteiger partial charge in [0.15, 0.2) is 0 Å². The summed E-state index contributed by atoms with van der Waals surface area (Å²) in [4.78, 5) is 37.0. The van der Waals surface area contributed by atoms with Gasteiger partial charge in [-0.05, 0) is 23.6 Å². The highest BCUT2D eigenvalue weighted by molar-refractivity contribution is 5.97. The van der Waals surface area contributed by atoms with E-state index in [1.54, 1.807) is 0 Å². The molecule has 0 unspecified atom stereocenters. The fraction of sp³-hybridized carbons (Fsp3) is 0.292. The number of nitrogens with one attached hydrogen (secondary N) is 1. The monoisotopic (exact) mass is 416 g/mol. The Labute approximate surface area is 180 Å². The van der Waals surface area contributed by atoms with E-state index in [0.717, 1.165) is 23.2 Å². The highest BCUT2D eigenvalue weighted by atomic mass is 16.5. The highest BCUT2D eigenvalue weighted by Crippen LogP contribution is 2.40. The second-order valence-corrected chi connectivity index (χ2v) is 7.85. The van der Waals surface area contributed by atoms with Gasteiger partial charge in [0.1, 0.15) is 11.6 Å². The molecule has 0 spiro atoms. The lowest BCUT2D eigenvalue weighted by Gasteiger charge is -2.28. The molecule has 31 heavy (non-hydrogen) atoms. The van der Waals surface area contributed by atoms with Crippen LogP contribution < -0.4 is 15.4 Å². The predicted octanol–water partition coefficient (Wildman–Crippen LogP) is 2.48. The molecule has 7 heteroatoms. The number of nitrogens with zero attached hydrogens (tertiary/aromatic N) is 3. The Morgan fingerprint density at radius 1 is 1.06 bits per heavy atom. The van der Waals surface area contributed by atoms with E-state index >= 15 is 0 Å². The van der Waals surface area contributed by atoms with Crippen molar-refractivity contribution in [2.24, 2.45) is 0 Å². The normalized spacial score (nSPS) is 18.1. The average molecular weight is 416 g/mol. The lowest BCUT2D eigenvalue weighted by molar-refractivity contribution is -0.118. The first-order valence-electron chi connectivity index (χ1n) is 10.6. The number of hydrogen-bond acceptors (Lipinski definition) is 5. The maximum atomic E-state index is 13.5. The summed E-state index contributed by atoms with van der Waals surface area (Å²) in [6.07, 6.45) is 0.800. The standard InChI is InChI=1S/C24H24N4O3/c29-23-16-22(27-10-12-31-13-11-27)25-21(26-23)15-24(30)28-19-9-5-4-8-18(19)14-20(28)17-6-2-1-3-7-17/h1-9,16,20H,10-15H2,(H,25,26,29)/t20-/m1/s1. The molecule has 2 aromatic carbocycles. The fourth-order valence-electron chi connectivity index (χ4n) is 4.40. The number of amides is 1. The number of benzene rings is 2. The molecule has 0 bridgehead atoms. The van der Waals surface area contributed by atoms with Crippen molar-refractivity contribution in [3.63, 3.8) is 0 Å². The van der Waals surface area contributed by atoms with Gasteiger partial charge in [-0.25, -0.2) is 4.98 Å². The molecule has 5 rings (SSSR count). The van der Waals surface area contributed by atoms with E-state index in [-0.39, 0.29) is 23.9 Å². The van der Waals surface area contributed by atoms with E-state index in [4.69, 9.17) is 4.74 Å². The number of fused-ring (bicyclic) bond motifs is 1. The molecule has 0 aliphatic carbocycles. The third-order valence-electron chi connectivity index (χ3n) is 5.86. The molecule has 2 aliphatic heterocycles. The number of anilines is 2. The molecule has 158 valence electrons. The van der Waals surface area contributed by atoms with Crippen LogP contribution >= 0.6 is 0 Å². The van der Waals surface area contributed by atoms with E-state index in [1.807, 2.05) is 46.2 Å². The van der Waals surface area contributed by atoms with Crippen LogP contribution in [-0.2, 0) is 22.4 Å². The lowest BCUT2D eigenvalue weighted by Crippen LogP contribution is -2.38. The summed E-state index contributed by atoms with van der Waals surface area (Å²) in [5, 5.41) is 0. The first-order valence-corrected chi connectivity index (χ1v) is 10.6. The van der Waals surface area contributed by atoms with E-state index < -0.39 is 0 Å². The van der Waals surface area contributed by atoms with Crippen molar-refractivity contribution in [1.29, 1.82) is 0 Å². The van der Waals surface area contributed by atoms with Crippen LogP contribution in [0.2, 0.25) is 0 Å². The van der Waals surface area contributed by atoms with Crippen molar-refractivity contribution in [2.75, 3.05) is 36.1 Å². The Bertz CT molecular complexity index is 1140. The number of ether oxygens (including phenoxy) is 1. The van der Waals surface area contributed by atoms with Crippen molar-refractivity contribution in [1.82, 2.24) is 9.97 Å². The van der Waals surface area contributed by atoms with Crippen LogP contribution in [-0.4, -0.2) is 42.2 Å². The zero-order chi connectivity index (χ0) is 21.2. The van der Waals surface area contributed by atoms with Gasteiger partial charge >= 0.3 is 0 Å². The number of morpholine rings is 1. The molecule has 1 aromatic heterocycles. The van der Waals surface area contributed by atoms with Crippen LogP contribution in [0.5, 0.6) is 0 Å². The first kappa shape index (κ1) is 19.5. The summed E-state index contributed by atoms with van der Waals surface area (Å²) in [5.74, 6) is 0.896. The Hall–Kier alpha value is -3.45. The molecule has 0 radical (unpaired) electrons. The molecule has 0 saturated carbocycles. The fourth-order valence-corrected chi connectivity index (χ4v) is 4.40. The van der Waals surface area contributed by atoms with Gasteiger partial charge < -0.3 is 19.5 Å². The zero-order valence-electron chi connectivity index (χ0n) is 17.2. The van der Waals surface area contributed by atoms with E-state index in [2.05, 4.69) is 28.2 Å². The molecule has 1 saturated heterocycles. The minimum absolute atomic E-state index is 0.0328. The Balaban J connectivity index is 1.44. The molecule has 1 atom stereocenters. The highest BCUT2D eigenvalue weighted by Gasteiger charge is 2.34.